The van der Waals surface area contributed by atoms with E-state index in [0.29, 0.717) is 34.2 Å². The summed E-state index contributed by atoms with van der Waals surface area (Å²) in [7, 11) is 3.37. The molecule has 5 rings (SSSR count). The third-order valence-corrected chi connectivity index (χ3v) is 5.52. The second-order valence-electron chi connectivity index (χ2n) is 7.90. The van der Waals surface area contributed by atoms with Crippen LogP contribution in [-0.4, -0.2) is 47.7 Å². The number of aryl methyl sites for hydroxylation is 1. The van der Waals surface area contributed by atoms with E-state index in [1.54, 1.807) is 46.5 Å². The van der Waals surface area contributed by atoms with Crippen molar-refractivity contribution in [2.75, 3.05) is 11.9 Å². The standard InChI is InChI=1S/C23H22FN9O/c1-25-23(34)14-7-16(24)9-17(8-14)33(13-20-26-5-6-27-20)21-4-3-18-22(31-21)30-19(11-28-18)15-10-29-32(2)12-15/h3-6,8-12,14H,7,13H2,1-2H3,(H,25,34)(H,26,27). The van der Waals surface area contributed by atoms with E-state index >= 15 is 0 Å². The molecule has 10 nitrogen and oxygen atoms in total. The summed E-state index contributed by atoms with van der Waals surface area (Å²) in [5.41, 5.74) is 3.04. The predicted octanol–water partition coefficient (Wildman–Crippen LogP) is 2.66. The maximum Gasteiger partial charge on any atom is 0.227 e. The Morgan fingerprint density at radius 2 is 2.18 bits per heavy atom. The highest BCUT2D eigenvalue weighted by Crippen LogP contribution is 2.30. The van der Waals surface area contributed by atoms with Gasteiger partial charge in [-0.1, -0.05) is 0 Å². The number of nitrogens with zero attached hydrogens (tertiary/aromatic N) is 7. The minimum atomic E-state index is -0.624. The van der Waals surface area contributed by atoms with Crippen molar-refractivity contribution in [3.8, 4) is 11.3 Å². The molecule has 1 aliphatic rings. The number of rotatable bonds is 6. The van der Waals surface area contributed by atoms with Gasteiger partial charge in [-0.05, 0) is 24.3 Å². The first-order chi connectivity index (χ1) is 16.5. The molecule has 11 heteroatoms. The lowest BCUT2D eigenvalue weighted by molar-refractivity contribution is -0.123. The van der Waals surface area contributed by atoms with Gasteiger partial charge in [0.15, 0.2) is 5.65 Å². The zero-order chi connectivity index (χ0) is 23.7. The quantitative estimate of drug-likeness (QED) is 0.455. The lowest BCUT2D eigenvalue weighted by Crippen LogP contribution is -2.31. The van der Waals surface area contributed by atoms with Crippen LogP contribution in [0.15, 0.2) is 66.8 Å². The average molecular weight is 459 g/mol. The highest BCUT2D eigenvalue weighted by Gasteiger charge is 2.25. The SMILES string of the molecule is CNC(=O)C1C=C(N(Cc2ncc[nH]2)c2ccc3ncc(-c4cnn(C)c4)nc3n2)C=C(F)C1. The number of allylic oxidation sites excluding steroid dienone is 2. The second kappa shape index (κ2) is 8.85. The number of aromatic nitrogens is 7. The third kappa shape index (κ3) is 4.27. The summed E-state index contributed by atoms with van der Waals surface area (Å²) < 4.78 is 16.3. The fraction of sp³-hybridized carbons (Fsp3) is 0.217. The summed E-state index contributed by atoms with van der Waals surface area (Å²) >= 11 is 0. The number of aromatic amines is 1. The topological polar surface area (TPSA) is 118 Å². The molecule has 0 bridgehead atoms. The lowest BCUT2D eigenvalue weighted by Gasteiger charge is -2.27. The number of pyridine rings is 1. The number of imidazole rings is 1. The molecular weight excluding hydrogens is 437 g/mol. The molecule has 1 atom stereocenters. The van der Waals surface area contributed by atoms with Gasteiger partial charge < -0.3 is 15.2 Å². The summed E-state index contributed by atoms with van der Waals surface area (Å²) in [6, 6.07) is 3.60. The maximum absolute atomic E-state index is 14.6. The van der Waals surface area contributed by atoms with Crippen molar-refractivity contribution in [1.29, 1.82) is 0 Å². The predicted molar refractivity (Wildman–Crippen MR) is 124 cm³/mol. The Balaban J connectivity index is 1.58. The Kier molecular flexibility index (Phi) is 5.58. The second-order valence-corrected chi connectivity index (χ2v) is 7.90. The Morgan fingerprint density at radius 1 is 1.29 bits per heavy atom. The largest absolute Gasteiger partial charge is 0.359 e. The number of anilines is 1. The first-order valence-electron chi connectivity index (χ1n) is 10.7. The van der Waals surface area contributed by atoms with Crippen LogP contribution in [0.2, 0.25) is 0 Å². The van der Waals surface area contributed by atoms with Gasteiger partial charge in [0.25, 0.3) is 0 Å². The van der Waals surface area contributed by atoms with Crippen LogP contribution in [0.25, 0.3) is 22.4 Å². The summed E-state index contributed by atoms with van der Waals surface area (Å²) in [6.45, 7) is 0.289. The molecule has 0 saturated carbocycles. The van der Waals surface area contributed by atoms with E-state index < -0.39 is 5.92 Å². The van der Waals surface area contributed by atoms with Crippen molar-refractivity contribution in [2.24, 2.45) is 13.0 Å². The molecule has 0 fully saturated rings. The van der Waals surface area contributed by atoms with Crippen LogP contribution >= 0.6 is 0 Å². The number of nitrogens with one attached hydrogen (secondary N) is 2. The molecule has 2 N–H and O–H groups in total. The Labute approximate surface area is 194 Å². The maximum atomic E-state index is 14.6. The Bertz CT molecular complexity index is 1410. The Morgan fingerprint density at radius 3 is 2.91 bits per heavy atom. The van der Waals surface area contributed by atoms with Gasteiger partial charge in [0.1, 0.15) is 23.0 Å². The van der Waals surface area contributed by atoms with Gasteiger partial charge in [-0.3, -0.25) is 14.5 Å². The molecule has 34 heavy (non-hydrogen) atoms. The number of carbonyl (C=O) groups is 1. The molecule has 4 heterocycles. The van der Waals surface area contributed by atoms with Gasteiger partial charge in [0.2, 0.25) is 5.91 Å². The van der Waals surface area contributed by atoms with Gasteiger partial charge in [0.05, 0.1) is 30.6 Å². The molecule has 1 unspecified atom stereocenters. The number of amides is 1. The van der Waals surface area contributed by atoms with E-state index in [9.17, 15) is 9.18 Å². The van der Waals surface area contributed by atoms with Crippen molar-refractivity contribution in [2.45, 2.75) is 13.0 Å². The zero-order valence-electron chi connectivity index (χ0n) is 18.6. The molecule has 1 aliphatic carbocycles. The summed E-state index contributed by atoms with van der Waals surface area (Å²) in [4.78, 5) is 35.3. The molecular formula is C23H22FN9O. The number of hydrogen-bond acceptors (Lipinski definition) is 7. The Hall–Kier alpha value is -4.41. The molecule has 0 radical (unpaired) electrons. The van der Waals surface area contributed by atoms with Crippen molar-refractivity contribution in [1.82, 2.24) is 40.0 Å². The lowest BCUT2D eigenvalue weighted by atomic mass is 9.96. The highest BCUT2D eigenvalue weighted by atomic mass is 19.1. The van der Waals surface area contributed by atoms with Crippen LogP contribution in [0.5, 0.6) is 0 Å². The van der Waals surface area contributed by atoms with Gasteiger partial charge in [-0.15, -0.1) is 0 Å². The van der Waals surface area contributed by atoms with E-state index in [0.717, 1.165) is 5.56 Å². The molecule has 4 aromatic heterocycles. The third-order valence-electron chi connectivity index (χ3n) is 5.52. The summed E-state index contributed by atoms with van der Waals surface area (Å²) in [5, 5.41) is 6.78. The minimum Gasteiger partial charge on any atom is -0.359 e. The first kappa shape index (κ1) is 21.4. The molecule has 4 aromatic rings. The zero-order valence-corrected chi connectivity index (χ0v) is 18.6. The van der Waals surface area contributed by atoms with Crippen molar-refractivity contribution >= 4 is 22.9 Å². The minimum absolute atomic E-state index is 0.0167. The number of halogens is 1. The van der Waals surface area contributed by atoms with Crippen LogP contribution in [0.1, 0.15) is 12.2 Å². The first-order valence-corrected chi connectivity index (χ1v) is 10.7. The molecule has 172 valence electrons. The van der Waals surface area contributed by atoms with Crippen molar-refractivity contribution in [3.05, 3.63) is 72.6 Å². The summed E-state index contributed by atoms with van der Waals surface area (Å²) in [6.07, 6.45) is 11.8. The molecule has 0 aromatic carbocycles. The number of H-pyrrole nitrogens is 1. The van der Waals surface area contributed by atoms with Crippen LogP contribution in [0.4, 0.5) is 10.2 Å². The summed E-state index contributed by atoms with van der Waals surface area (Å²) in [5.74, 6) is -0.0723. The molecule has 0 spiro atoms. The van der Waals surface area contributed by atoms with E-state index in [1.807, 2.05) is 19.3 Å². The van der Waals surface area contributed by atoms with E-state index in [-0.39, 0.29) is 24.7 Å². The van der Waals surface area contributed by atoms with Gasteiger partial charge >= 0.3 is 0 Å². The smallest absolute Gasteiger partial charge is 0.227 e. The van der Waals surface area contributed by atoms with Gasteiger partial charge in [0, 0.05) is 50.4 Å². The van der Waals surface area contributed by atoms with Crippen LogP contribution in [0.3, 0.4) is 0 Å². The highest BCUT2D eigenvalue weighted by molar-refractivity contribution is 5.81. The van der Waals surface area contributed by atoms with Crippen LogP contribution in [-0.2, 0) is 18.4 Å². The fourth-order valence-corrected chi connectivity index (χ4v) is 3.83. The van der Waals surface area contributed by atoms with Crippen LogP contribution in [0, 0.1) is 5.92 Å². The molecule has 1 amide bonds. The van der Waals surface area contributed by atoms with Crippen molar-refractivity contribution in [3.63, 3.8) is 0 Å². The monoisotopic (exact) mass is 459 g/mol. The van der Waals surface area contributed by atoms with Crippen LogP contribution < -0.4 is 10.2 Å². The number of fused-ring (bicyclic) bond motifs is 1. The molecule has 0 aliphatic heterocycles. The fourth-order valence-electron chi connectivity index (χ4n) is 3.83. The van der Waals surface area contributed by atoms with Gasteiger partial charge in [-0.2, -0.15) is 5.10 Å². The van der Waals surface area contributed by atoms with E-state index in [4.69, 9.17) is 4.98 Å². The van der Waals surface area contributed by atoms with E-state index in [2.05, 4.69) is 30.4 Å². The number of carbonyl (C=O) groups excluding carboxylic acids is 1. The number of hydrogen-bond donors (Lipinski definition) is 2. The van der Waals surface area contributed by atoms with Crippen molar-refractivity contribution < 1.29 is 9.18 Å². The van der Waals surface area contributed by atoms with Gasteiger partial charge in [-0.25, -0.2) is 19.3 Å². The average Bonchev–Trinajstić information content (AvgIpc) is 3.52. The van der Waals surface area contributed by atoms with E-state index in [1.165, 1.54) is 13.1 Å². The normalized spacial score (nSPS) is 15.7. The molecule has 0 saturated heterocycles.